The maximum atomic E-state index is 12.1. The van der Waals surface area contributed by atoms with Crippen molar-refractivity contribution in [2.75, 3.05) is 26.7 Å². The maximum absolute atomic E-state index is 12.1. The van der Waals surface area contributed by atoms with Gasteiger partial charge in [-0.2, -0.15) is 0 Å². The van der Waals surface area contributed by atoms with Gasteiger partial charge in [0.25, 0.3) is 0 Å². The van der Waals surface area contributed by atoms with Gasteiger partial charge < -0.3 is 20.1 Å². The molecule has 3 atom stereocenters. The third kappa shape index (κ3) is 4.88. The molecule has 21 heavy (non-hydrogen) atoms. The third-order valence-electron chi connectivity index (χ3n) is 3.90. The van der Waals surface area contributed by atoms with E-state index in [0.717, 1.165) is 6.42 Å². The number of piperidine rings is 1. The van der Waals surface area contributed by atoms with Crippen LogP contribution < -0.4 is 5.73 Å². The van der Waals surface area contributed by atoms with Crippen LogP contribution in [0.3, 0.4) is 0 Å². The largest absolute Gasteiger partial charge is 0.469 e. The quantitative estimate of drug-likeness (QED) is 0.801. The van der Waals surface area contributed by atoms with Crippen molar-refractivity contribution >= 4 is 12.1 Å². The highest BCUT2D eigenvalue weighted by atomic mass is 16.6. The Labute approximate surface area is 126 Å². The Morgan fingerprint density at radius 2 is 2.00 bits per heavy atom. The molecular weight excluding hydrogens is 272 g/mol. The minimum absolute atomic E-state index is 0.140. The van der Waals surface area contributed by atoms with E-state index < -0.39 is 5.60 Å². The first-order valence-corrected chi connectivity index (χ1v) is 7.45. The molecule has 0 saturated carbocycles. The Kier molecular flexibility index (Phi) is 6.01. The SMILES string of the molecule is COC(=O)C(CN)C1CCN(C(=O)OC(C)(C)C)CC1C. The maximum Gasteiger partial charge on any atom is 0.410 e. The van der Waals surface area contributed by atoms with Gasteiger partial charge in [0.05, 0.1) is 13.0 Å². The lowest BCUT2D eigenvalue weighted by molar-refractivity contribution is -0.148. The van der Waals surface area contributed by atoms with Crippen LogP contribution in [0.25, 0.3) is 0 Å². The first-order chi connectivity index (χ1) is 9.69. The van der Waals surface area contributed by atoms with Gasteiger partial charge in [-0.3, -0.25) is 4.79 Å². The lowest BCUT2D eigenvalue weighted by atomic mass is 9.77. The van der Waals surface area contributed by atoms with Crippen LogP contribution in [0.15, 0.2) is 0 Å². The van der Waals surface area contributed by atoms with Crippen LogP contribution in [0.2, 0.25) is 0 Å². The molecule has 0 spiro atoms. The third-order valence-corrected chi connectivity index (χ3v) is 3.90. The van der Waals surface area contributed by atoms with Gasteiger partial charge in [-0.1, -0.05) is 6.92 Å². The number of carbonyl (C=O) groups is 2. The number of hydrogen-bond donors (Lipinski definition) is 1. The number of rotatable bonds is 3. The Balaban J connectivity index is 2.65. The molecule has 0 radical (unpaired) electrons. The number of methoxy groups -OCH3 is 1. The van der Waals surface area contributed by atoms with E-state index in [1.807, 2.05) is 27.7 Å². The molecule has 1 aliphatic heterocycles. The number of nitrogens with zero attached hydrogens (tertiary/aromatic N) is 1. The van der Waals surface area contributed by atoms with E-state index >= 15 is 0 Å². The van der Waals surface area contributed by atoms with E-state index in [1.165, 1.54) is 7.11 Å². The molecule has 2 N–H and O–H groups in total. The molecule has 1 saturated heterocycles. The molecule has 1 amide bonds. The van der Waals surface area contributed by atoms with Crippen LogP contribution in [0.4, 0.5) is 4.79 Å². The Morgan fingerprint density at radius 1 is 1.38 bits per heavy atom. The van der Waals surface area contributed by atoms with Gasteiger partial charge >= 0.3 is 12.1 Å². The van der Waals surface area contributed by atoms with Crippen molar-refractivity contribution in [3.63, 3.8) is 0 Å². The summed E-state index contributed by atoms with van der Waals surface area (Å²) in [5.41, 5.74) is 5.22. The highest BCUT2D eigenvalue weighted by Crippen LogP contribution is 2.31. The molecule has 1 heterocycles. The van der Waals surface area contributed by atoms with Crippen molar-refractivity contribution in [1.82, 2.24) is 4.90 Å². The zero-order valence-electron chi connectivity index (χ0n) is 13.7. The molecule has 0 aliphatic carbocycles. The van der Waals surface area contributed by atoms with Gasteiger partial charge in [-0.25, -0.2) is 4.79 Å². The first kappa shape index (κ1) is 17.8. The molecule has 1 fully saturated rings. The lowest BCUT2D eigenvalue weighted by Gasteiger charge is -2.39. The number of ether oxygens (including phenoxy) is 2. The summed E-state index contributed by atoms with van der Waals surface area (Å²) in [5.74, 6) is -0.245. The summed E-state index contributed by atoms with van der Waals surface area (Å²) < 4.78 is 10.2. The van der Waals surface area contributed by atoms with E-state index in [2.05, 4.69) is 0 Å². The number of hydrogen-bond acceptors (Lipinski definition) is 5. The smallest absolute Gasteiger partial charge is 0.410 e. The molecule has 1 rings (SSSR count). The minimum atomic E-state index is -0.497. The predicted octanol–water partition coefficient (Wildman–Crippen LogP) is 1.63. The number of amides is 1. The molecular formula is C15H28N2O4. The van der Waals surface area contributed by atoms with Gasteiger partial charge in [0.1, 0.15) is 5.60 Å². The van der Waals surface area contributed by atoms with Gasteiger partial charge in [0.2, 0.25) is 0 Å². The second-order valence-corrected chi connectivity index (χ2v) is 6.72. The molecule has 3 unspecified atom stereocenters. The average molecular weight is 300 g/mol. The summed E-state index contributed by atoms with van der Waals surface area (Å²) in [5, 5.41) is 0. The highest BCUT2D eigenvalue weighted by Gasteiger charge is 2.37. The fourth-order valence-corrected chi connectivity index (χ4v) is 2.85. The van der Waals surface area contributed by atoms with Crippen molar-refractivity contribution in [2.24, 2.45) is 23.5 Å². The van der Waals surface area contributed by atoms with Gasteiger partial charge in [0.15, 0.2) is 0 Å². The molecule has 1 aliphatic rings. The molecule has 6 nitrogen and oxygen atoms in total. The molecule has 0 aromatic rings. The number of nitrogens with two attached hydrogens (primary N) is 1. The normalized spacial score (nSPS) is 24.4. The first-order valence-electron chi connectivity index (χ1n) is 7.45. The van der Waals surface area contributed by atoms with E-state index in [0.29, 0.717) is 13.1 Å². The molecule has 0 bridgehead atoms. The van der Waals surface area contributed by atoms with Crippen LogP contribution in [0, 0.1) is 17.8 Å². The average Bonchev–Trinajstić information content (AvgIpc) is 2.38. The summed E-state index contributed by atoms with van der Waals surface area (Å²) >= 11 is 0. The molecule has 6 heteroatoms. The topological polar surface area (TPSA) is 81.9 Å². The summed E-state index contributed by atoms with van der Waals surface area (Å²) in [6, 6.07) is 0. The predicted molar refractivity (Wildman–Crippen MR) is 79.6 cm³/mol. The van der Waals surface area contributed by atoms with E-state index in [9.17, 15) is 9.59 Å². The number of likely N-dealkylation sites (tertiary alicyclic amines) is 1. The summed E-state index contributed by atoms with van der Waals surface area (Å²) in [4.78, 5) is 25.6. The standard InChI is InChI=1S/C15H28N2O4/c1-10-9-17(14(19)21-15(2,3)4)7-6-11(10)12(8-16)13(18)20-5/h10-12H,6-9,16H2,1-5H3. The van der Waals surface area contributed by atoms with Crippen LogP contribution >= 0.6 is 0 Å². The van der Waals surface area contributed by atoms with Crippen LogP contribution in [-0.2, 0) is 14.3 Å². The summed E-state index contributed by atoms with van der Waals surface area (Å²) in [6.07, 6.45) is 0.437. The van der Waals surface area contributed by atoms with Crippen molar-refractivity contribution in [2.45, 2.75) is 39.7 Å². The fraction of sp³-hybridized carbons (Fsp3) is 0.867. The Morgan fingerprint density at radius 3 is 2.43 bits per heavy atom. The Hall–Kier alpha value is -1.30. The molecule has 0 aromatic carbocycles. The van der Waals surface area contributed by atoms with E-state index in [4.69, 9.17) is 15.2 Å². The molecule has 122 valence electrons. The summed E-state index contributed by atoms with van der Waals surface area (Å²) in [6.45, 7) is 9.01. The molecule has 0 aromatic heterocycles. The second kappa shape index (κ2) is 7.11. The zero-order chi connectivity index (χ0) is 16.2. The Bertz CT molecular complexity index is 378. The van der Waals surface area contributed by atoms with Gasteiger partial charge in [-0.05, 0) is 39.0 Å². The van der Waals surface area contributed by atoms with Crippen LogP contribution in [-0.4, -0.2) is 49.3 Å². The number of esters is 1. The summed E-state index contributed by atoms with van der Waals surface area (Å²) in [7, 11) is 1.38. The second-order valence-electron chi connectivity index (χ2n) is 6.72. The fourth-order valence-electron chi connectivity index (χ4n) is 2.85. The number of carbonyl (C=O) groups excluding carboxylic acids is 2. The van der Waals surface area contributed by atoms with E-state index in [-0.39, 0.29) is 36.4 Å². The van der Waals surface area contributed by atoms with Gasteiger partial charge in [0, 0.05) is 19.6 Å². The van der Waals surface area contributed by atoms with Crippen molar-refractivity contribution in [3.05, 3.63) is 0 Å². The zero-order valence-corrected chi connectivity index (χ0v) is 13.7. The highest BCUT2D eigenvalue weighted by molar-refractivity contribution is 5.73. The monoisotopic (exact) mass is 300 g/mol. The van der Waals surface area contributed by atoms with Gasteiger partial charge in [-0.15, -0.1) is 0 Å². The van der Waals surface area contributed by atoms with Crippen LogP contribution in [0.5, 0.6) is 0 Å². The minimum Gasteiger partial charge on any atom is -0.469 e. The van der Waals surface area contributed by atoms with Crippen LogP contribution in [0.1, 0.15) is 34.1 Å². The van der Waals surface area contributed by atoms with E-state index in [1.54, 1.807) is 4.90 Å². The van der Waals surface area contributed by atoms with Crippen molar-refractivity contribution < 1.29 is 19.1 Å². The lowest BCUT2D eigenvalue weighted by Crippen LogP contribution is -2.48. The van der Waals surface area contributed by atoms with Crippen molar-refractivity contribution in [3.8, 4) is 0 Å². The van der Waals surface area contributed by atoms with Crippen molar-refractivity contribution in [1.29, 1.82) is 0 Å².